The van der Waals surface area contributed by atoms with Gasteiger partial charge in [-0.1, -0.05) is 25.3 Å². The van der Waals surface area contributed by atoms with Gasteiger partial charge in [0, 0.05) is 5.92 Å². The first-order valence-electron chi connectivity index (χ1n) is 6.58. The largest absolute Gasteiger partial charge is 0.387 e. The minimum atomic E-state index is 0.505. The molecule has 0 saturated heterocycles. The van der Waals surface area contributed by atoms with E-state index >= 15 is 0 Å². The van der Waals surface area contributed by atoms with Crippen LogP contribution in [0.4, 0.5) is 5.69 Å². The Morgan fingerprint density at radius 2 is 1.82 bits per heavy atom. The predicted octanol–water partition coefficient (Wildman–Crippen LogP) is 3.87. The van der Waals surface area contributed by atoms with Crippen molar-refractivity contribution < 1.29 is 0 Å². The first-order valence-corrected chi connectivity index (χ1v) is 6.58. The lowest BCUT2D eigenvalue weighted by Crippen LogP contribution is -2.25. The van der Waals surface area contributed by atoms with Crippen LogP contribution in [0.1, 0.15) is 43.2 Å². The van der Waals surface area contributed by atoms with Crippen molar-refractivity contribution in [2.75, 3.05) is 0 Å². The van der Waals surface area contributed by atoms with Crippen LogP contribution in [0.2, 0.25) is 0 Å². The third-order valence-electron chi connectivity index (χ3n) is 3.77. The summed E-state index contributed by atoms with van der Waals surface area (Å²) >= 11 is 0. The predicted molar refractivity (Wildman–Crippen MR) is 73.8 cm³/mol. The highest BCUT2D eigenvalue weighted by Gasteiger charge is 2.16. The van der Waals surface area contributed by atoms with Gasteiger partial charge in [0.25, 0.3) is 0 Å². The van der Waals surface area contributed by atoms with Gasteiger partial charge in [0.05, 0.1) is 5.69 Å². The van der Waals surface area contributed by atoms with Crippen molar-refractivity contribution in [3.05, 3.63) is 29.3 Å². The highest BCUT2D eigenvalue weighted by atomic mass is 14.9. The summed E-state index contributed by atoms with van der Waals surface area (Å²) < 4.78 is 0. The van der Waals surface area contributed by atoms with Crippen LogP contribution in [-0.2, 0) is 0 Å². The highest BCUT2D eigenvalue weighted by molar-refractivity contribution is 5.85. The Morgan fingerprint density at radius 1 is 1.12 bits per heavy atom. The Balaban J connectivity index is 2.13. The standard InChI is InChI=1S/C15H22N2/c1-11-8-9-14(10-12(11)2)17-15(16)13-6-4-3-5-7-13/h8-10,13H,3-7H2,1-2H3,(H2,16,17). The maximum atomic E-state index is 6.12. The lowest BCUT2D eigenvalue weighted by molar-refractivity contribution is 0.437. The van der Waals surface area contributed by atoms with E-state index in [2.05, 4.69) is 37.0 Å². The van der Waals surface area contributed by atoms with E-state index in [0.717, 1.165) is 11.5 Å². The molecule has 0 bridgehead atoms. The van der Waals surface area contributed by atoms with Gasteiger partial charge in [-0.25, -0.2) is 4.99 Å². The van der Waals surface area contributed by atoms with E-state index in [1.165, 1.54) is 43.2 Å². The molecule has 1 aliphatic rings. The van der Waals surface area contributed by atoms with Crippen LogP contribution < -0.4 is 5.73 Å². The van der Waals surface area contributed by atoms with E-state index < -0.39 is 0 Å². The number of amidine groups is 1. The molecule has 0 radical (unpaired) electrons. The van der Waals surface area contributed by atoms with Crippen molar-refractivity contribution in [2.45, 2.75) is 46.0 Å². The molecular formula is C15H22N2. The van der Waals surface area contributed by atoms with Gasteiger partial charge in [-0.2, -0.15) is 0 Å². The Kier molecular flexibility index (Phi) is 3.82. The van der Waals surface area contributed by atoms with Crippen molar-refractivity contribution in [2.24, 2.45) is 16.6 Å². The maximum Gasteiger partial charge on any atom is 0.103 e. The molecule has 2 rings (SSSR count). The summed E-state index contributed by atoms with van der Waals surface area (Å²) in [5.74, 6) is 1.33. The summed E-state index contributed by atoms with van der Waals surface area (Å²) in [5.41, 5.74) is 9.70. The third-order valence-corrected chi connectivity index (χ3v) is 3.77. The van der Waals surface area contributed by atoms with Crippen LogP contribution >= 0.6 is 0 Å². The zero-order chi connectivity index (χ0) is 12.3. The van der Waals surface area contributed by atoms with Gasteiger partial charge in [-0.15, -0.1) is 0 Å². The van der Waals surface area contributed by atoms with Gasteiger partial charge in [-0.05, 0) is 49.9 Å². The van der Waals surface area contributed by atoms with Crippen LogP contribution in [-0.4, -0.2) is 5.84 Å². The molecule has 0 amide bonds. The van der Waals surface area contributed by atoms with Crippen LogP contribution in [0.25, 0.3) is 0 Å². The van der Waals surface area contributed by atoms with E-state index in [0.29, 0.717) is 5.92 Å². The first kappa shape index (κ1) is 12.2. The molecule has 2 heteroatoms. The van der Waals surface area contributed by atoms with Crippen LogP contribution in [0.5, 0.6) is 0 Å². The molecule has 1 aliphatic carbocycles. The van der Waals surface area contributed by atoms with Crippen molar-refractivity contribution >= 4 is 11.5 Å². The Hall–Kier alpha value is -1.31. The van der Waals surface area contributed by atoms with Crippen LogP contribution in [0.15, 0.2) is 23.2 Å². The van der Waals surface area contributed by atoms with Crippen LogP contribution in [0.3, 0.4) is 0 Å². The summed E-state index contributed by atoms with van der Waals surface area (Å²) in [6.07, 6.45) is 6.37. The molecule has 0 atom stereocenters. The molecule has 17 heavy (non-hydrogen) atoms. The lowest BCUT2D eigenvalue weighted by atomic mass is 9.88. The number of benzene rings is 1. The zero-order valence-corrected chi connectivity index (χ0v) is 10.9. The first-order chi connectivity index (χ1) is 8.16. The average Bonchev–Trinajstić information content (AvgIpc) is 2.35. The minimum absolute atomic E-state index is 0.505. The monoisotopic (exact) mass is 230 g/mol. The van der Waals surface area contributed by atoms with Gasteiger partial charge in [0.2, 0.25) is 0 Å². The molecule has 1 saturated carbocycles. The number of nitrogens with two attached hydrogens (primary N) is 1. The Bertz CT molecular complexity index is 415. The second kappa shape index (κ2) is 5.35. The van der Waals surface area contributed by atoms with Crippen molar-refractivity contribution in [1.82, 2.24) is 0 Å². The van der Waals surface area contributed by atoms with E-state index in [9.17, 15) is 0 Å². The molecule has 0 aliphatic heterocycles. The fourth-order valence-electron chi connectivity index (χ4n) is 2.43. The molecule has 2 N–H and O–H groups in total. The molecule has 0 unspecified atom stereocenters. The fourth-order valence-corrected chi connectivity index (χ4v) is 2.43. The normalized spacial score (nSPS) is 18.4. The SMILES string of the molecule is Cc1ccc(N=C(N)C2CCCCC2)cc1C. The van der Waals surface area contributed by atoms with Crippen molar-refractivity contribution in [3.63, 3.8) is 0 Å². The van der Waals surface area contributed by atoms with E-state index in [-0.39, 0.29) is 0 Å². The number of aliphatic imine (C=N–C) groups is 1. The number of nitrogens with zero attached hydrogens (tertiary/aromatic N) is 1. The zero-order valence-electron chi connectivity index (χ0n) is 10.9. The van der Waals surface area contributed by atoms with Crippen molar-refractivity contribution in [1.29, 1.82) is 0 Å². The Morgan fingerprint density at radius 3 is 2.47 bits per heavy atom. The molecular weight excluding hydrogens is 208 g/mol. The topological polar surface area (TPSA) is 38.4 Å². The van der Waals surface area contributed by atoms with Gasteiger partial charge in [0.15, 0.2) is 0 Å². The van der Waals surface area contributed by atoms with Crippen molar-refractivity contribution in [3.8, 4) is 0 Å². The quantitative estimate of drug-likeness (QED) is 0.608. The summed E-state index contributed by atoms with van der Waals surface area (Å²) in [7, 11) is 0. The summed E-state index contributed by atoms with van der Waals surface area (Å²) in [6.45, 7) is 4.23. The third kappa shape index (κ3) is 3.09. The highest BCUT2D eigenvalue weighted by Crippen LogP contribution is 2.25. The summed E-state index contributed by atoms with van der Waals surface area (Å²) in [4.78, 5) is 4.58. The van der Waals surface area contributed by atoms with Gasteiger partial charge < -0.3 is 5.73 Å². The number of hydrogen-bond acceptors (Lipinski definition) is 1. The number of hydrogen-bond donors (Lipinski definition) is 1. The van der Waals surface area contributed by atoms with Gasteiger partial charge in [0.1, 0.15) is 5.84 Å². The van der Waals surface area contributed by atoms with E-state index in [4.69, 9.17) is 5.73 Å². The molecule has 0 heterocycles. The van der Waals surface area contributed by atoms with E-state index in [1.807, 2.05) is 0 Å². The number of rotatable bonds is 2. The lowest BCUT2D eigenvalue weighted by Gasteiger charge is -2.20. The Labute approximate surface area is 104 Å². The second-order valence-corrected chi connectivity index (χ2v) is 5.14. The molecule has 2 nitrogen and oxygen atoms in total. The minimum Gasteiger partial charge on any atom is -0.387 e. The molecule has 1 aromatic carbocycles. The van der Waals surface area contributed by atoms with E-state index in [1.54, 1.807) is 0 Å². The summed E-state index contributed by atoms with van der Waals surface area (Å²) in [5, 5.41) is 0. The van der Waals surface area contributed by atoms with Gasteiger partial charge in [-0.3, -0.25) is 0 Å². The smallest absolute Gasteiger partial charge is 0.103 e. The van der Waals surface area contributed by atoms with Crippen LogP contribution in [0, 0.1) is 19.8 Å². The maximum absolute atomic E-state index is 6.12. The van der Waals surface area contributed by atoms with Gasteiger partial charge >= 0.3 is 0 Å². The second-order valence-electron chi connectivity index (χ2n) is 5.14. The number of aryl methyl sites for hydroxylation is 2. The fraction of sp³-hybridized carbons (Fsp3) is 0.533. The average molecular weight is 230 g/mol. The molecule has 1 aromatic rings. The summed E-state index contributed by atoms with van der Waals surface area (Å²) in [6, 6.07) is 6.28. The molecule has 0 aromatic heterocycles. The molecule has 1 fully saturated rings. The molecule has 0 spiro atoms. The molecule has 92 valence electrons.